The fourth-order valence-corrected chi connectivity index (χ4v) is 2.64. The van der Waals surface area contributed by atoms with Crippen molar-refractivity contribution in [3.63, 3.8) is 0 Å². The fraction of sp³-hybridized carbons (Fsp3) is 0.429. The molecule has 2 amide bonds. The van der Waals surface area contributed by atoms with Gasteiger partial charge in [0.2, 0.25) is 0 Å². The molecule has 0 aliphatic carbocycles. The van der Waals surface area contributed by atoms with Crippen LogP contribution in [0.5, 0.6) is 0 Å². The Morgan fingerprint density at radius 2 is 2.33 bits per heavy atom. The first-order chi connectivity index (χ1) is 10.0. The van der Waals surface area contributed by atoms with Crippen LogP contribution in [0, 0.1) is 5.92 Å². The lowest BCUT2D eigenvalue weighted by Crippen LogP contribution is -2.41. The molecule has 114 valence electrons. The number of nitrogens with one attached hydrogen (secondary N) is 1. The summed E-state index contributed by atoms with van der Waals surface area (Å²) < 4.78 is 0. The van der Waals surface area contributed by atoms with Crippen molar-refractivity contribution >= 4 is 29.2 Å². The predicted molar refractivity (Wildman–Crippen MR) is 83.0 cm³/mol. The van der Waals surface area contributed by atoms with E-state index in [4.69, 9.17) is 22.5 Å². The van der Waals surface area contributed by atoms with E-state index in [-0.39, 0.29) is 11.9 Å². The number of amides is 2. The molecule has 0 bridgehead atoms. The molecule has 1 aliphatic heterocycles. The molecule has 0 aromatic heterocycles. The van der Waals surface area contributed by atoms with E-state index in [2.05, 4.69) is 17.4 Å². The minimum Gasteiger partial charge on any atom is -0.409 e. The maximum Gasteiger partial charge on any atom is 0.321 e. The van der Waals surface area contributed by atoms with Crippen LogP contribution in [-0.2, 0) is 0 Å². The van der Waals surface area contributed by atoms with Crippen LogP contribution in [0.2, 0.25) is 5.02 Å². The number of carbonyl (C=O) groups is 1. The summed E-state index contributed by atoms with van der Waals surface area (Å²) in [5.74, 6) is 0.418. The monoisotopic (exact) mass is 310 g/mol. The van der Waals surface area contributed by atoms with E-state index in [1.807, 2.05) is 0 Å². The lowest BCUT2D eigenvalue weighted by Gasteiger charge is -2.31. The molecule has 1 aromatic carbocycles. The number of halogens is 1. The normalized spacial score (nSPS) is 19.4. The van der Waals surface area contributed by atoms with Gasteiger partial charge in [-0.15, -0.1) is 0 Å². The van der Waals surface area contributed by atoms with Gasteiger partial charge >= 0.3 is 6.03 Å². The molecule has 0 radical (unpaired) electrons. The van der Waals surface area contributed by atoms with Crippen molar-refractivity contribution in [1.29, 1.82) is 0 Å². The van der Waals surface area contributed by atoms with Crippen LogP contribution in [-0.4, -0.2) is 35.1 Å². The Kier molecular flexibility index (Phi) is 4.90. The molecular formula is C14H19ClN4O2. The van der Waals surface area contributed by atoms with E-state index in [1.165, 1.54) is 0 Å². The van der Waals surface area contributed by atoms with E-state index in [1.54, 1.807) is 23.1 Å². The van der Waals surface area contributed by atoms with E-state index in [0.29, 0.717) is 22.2 Å². The summed E-state index contributed by atoms with van der Waals surface area (Å²) in [6, 6.07) is 4.61. The van der Waals surface area contributed by atoms with Crippen LogP contribution < -0.4 is 11.1 Å². The van der Waals surface area contributed by atoms with Gasteiger partial charge in [-0.05, 0) is 37.0 Å². The van der Waals surface area contributed by atoms with Gasteiger partial charge in [0.15, 0.2) is 5.84 Å². The molecular weight excluding hydrogens is 292 g/mol. The van der Waals surface area contributed by atoms with Crippen molar-refractivity contribution in [2.24, 2.45) is 16.8 Å². The molecule has 1 unspecified atom stereocenters. The minimum absolute atomic E-state index is 0.0750. The lowest BCUT2D eigenvalue weighted by molar-refractivity contribution is 0.182. The molecule has 1 aromatic rings. The number of oxime groups is 1. The summed E-state index contributed by atoms with van der Waals surface area (Å²) in [7, 11) is 0. The lowest BCUT2D eigenvalue weighted by atomic mass is 10.0. The predicted octanol–water partition coefficient (Wildman–Crippen LogP) is 2.70. The second-order valence-corrected chi connectivity index (χ2v) is 5.74. The average Bonchev–Trinajstić information content (AvgIpc) is 2.46. The quantitative estimate of drug-likeness (QED) is 0.339. The Morgan fingerprint density at radius 3 is 3.00 bits per heavy atom. The number of hydrogen-bond donors (Lipinski definition) is 3. The molecule has 2 rings (SSSR count). The third-order valence-electron chi connectivity index (χ3n) is 3.55. The van der Waals surface area contributed by atoms with Crippen molar-refractivity contribution in [2.75, 3.05) is 18.4 Å². The number of hydrogen-bond acceptors (Lipinski definition) is 3. The Morgan fingerprint density at radius 1 is 1.57 bits per heavy atom. The smallest absolute Gasteiger partial charge is 0.321 e. The van der Waals surface area contributed by atoms with Gasteiger partial charge in [-0.1, -0.05) is 23.7 Å². The summed E-state index contributed by atoms with van der Waals surface area (Å²) in [4.78, 5) is 14.1. The molecule has 1 fully saturated rings. The van der Waals surface area contributed by atoms with E-state index in [0.717, 1.165) is 25.9 Å². The van der Waals surface area contributed by atoms with Crippen LogP contribution in [0.3, 0.4) is 0 Å². The Bertz CT molecular complexity index is 562. The summed E-state index contributed by atoms with van der Waals surface area (Å²) >= 11 is 5.95. The van der Waals surface area contributed by atoms with Crippen molar-refractivity contribution < 1.29 is 10.0 Å². The standard InChI is InChI=1S/C14H19ClN4O2/c1-9-3-2-6-19(8-9)14(20)17-12-7-10(15)4-5-11(12)13(16)18-21/h4-5,7,9,21H,2-3,6,8H2,1H3,(H2,16,18)(H,17,20). The number of nitrogens with zero attached hydrogens (tertiary/aromatic N) is 2. The highest BCUT2D eigenvalue weighted by Crippen LogP contribution is 2.22. The molecule has 1 heterocycles. The van der Waals surface area contributed by atoms with Gasteiger partial charge in [0, 0.05) is 23.7 Å². The van der Waals surface area contributed by atoms with E-state index < -0.39 is 0 Å². The zero-order valence-electron chi connectivity index (χ0n) is 11.8. The van der Waals surface area contributed by atoms with Crippen molar-refractivity contribution in [3.8, 4) is 0 Å². The summed E-state index contributed by atoms with van der Waals surface area (Å²) in [6.45, 7) is 3.58. The summed E-state index contributed by atoms with van der Waals surface area (Å²) in [6.07, 6.45) is 2.13. The fourth-order valence-electron chi connectivity index (χ4n) is 2.47. The third-order valence-corrected chi connectivity index (χ3v) is 3.79. The first-order valence-electron chi connectivity index (χ1n) is 6.84. The van der Waals surface area contributed by atoms with Gasteiger partial charge < -0.3 is 21.2 Å². The van der Waals surface area contributed by atoms with Crippen LogP contribution in [0.4, 0.5) is 10.5 Å². The molecule has 0 spiro atoms. The van der Waals surface area contributed by atoms with Gasteiger partial charge in [-0.2, -0.15) is 0 Å². The number of anilines is 1. The SMILES string of the molecule is CC1CCCN(C(=O)Nc2cc(Cl)ccc2C(N)=NO)C1. The third kappa shape index (κ3) is 3.78. The van der Waals surface area contributed by atoms with E-state index >= 15 is 0 Å². The molecule has 1 aliphatic rings. The zero-order chi connectivity index (χ0) is 15.4. The van der Waals surface area contributed by atoms with Gasteiger partial charge in [0.1, 0.15) is 0 Å². The number of piperidine rings is 1. The van der Waals surface area contributed by atoms with Gasteiger partial charge in [-0.25, -0.2) is 4.79 Å². The number of benzene rings is 1. The maximum absolute atomic E-state index is 12.3. The van der Waals surface area contributed by atoms with Crippen LogP contribution >= 0.6 is 11.6 Å². The molecule has 4 N–H and O–H groups in total. The summed E-state index contributed by atoms with van der Waals surface area (Å²) in [5, 5.41) is 15.0. The zero-order valence-corrected chi connectivity index (χ0v) is 12.6. The molecule has 6 nitrogen and oxygen atoms in total. The number of likely N-dealkylation sites (tertiary alicyclic amines) is 1. The number of nitrogens with two attached hydrogens (primary N) is 1. The molecule has 0 saturated carbocycles. The highest BCUT2D eigenvalue weighted by atomic mass is 35.5. The Hall–Kier alpha value is -1.95. The molecule has 1 saturated heterocycles. The molecule has 1 atom stereocenters. The highest BCUT2D eigenvalue weighted by molar-refractivity contribution is 6.31. The molecule has 7 heteroatoms. The Balaban J connectivity index is 2.18. The Labute approximate surface area is 128 Å². The second kappa shape index (κ2) is 6.67. The average molecular weight is 311 g/mol. The highest BCUT2D eigenvalue weighted by Gasteiger charge is 2.22. The van der Waals surface area contributed by atoms with Crippen molar-refractivity contribution in [1.82, 2.24) is 4.90 Å². The van der Waals surface area contributed by atoms with Crippen LogP contribution in [0.1, 0.15) is 25.3 Å². The van der Waals surface area contributed by atoms with Crippen LogP contribution in [0.25, 0.3) is 0 Å². The summed E-state index contributed by atoms with van der Waals surface area (Å²) in [5.41, 5.74) is 6.48. The number of rotatable bonds is 2. The van der Waals surface area contributed by atoms with Crippen LogP contribution in [0.15, 0.2) is 23.4 Å². The first-order valence-corrected chi connectivity index (χ1v) is 7.22. The van der Waals surface area contributed by atoms with Gasteiger partial charge in [0.25, 0.3) is 0 Å². The number of amidine groups is 1. The maximum atomic E-state index is 12.3. The van der Waals surface area contributed by atoms with E-state index in [9.17, 15) is 4.79 Å². The first kappa shape index (κ1) is 15.4. The van der Waals surface area contributed by atoms with Gasteiger partial charge in [-0.3, -0.25) is 0 Å². The second-order valence-electron chi connectivity index (χ2n) is 5.30. The molecule has 21 heavy (non-hydrogen) atoms. The largest absolute Gasteiger partial charge is 0.409 e. The van der Waals surface area contributed by atoms with Crippen molar-refractivity contribution in [2.45, 2.75) is 19.8 Å². The number of urea groups is 1. The van der Waals surface area contributed by atoms with Gasteiger partial charge in [0.05, 0.1) is 5.69 Å². The minimum atomic E-state index is -0.198. The number of carbonyl (C=O) groups excluding carboxylic acids is 1. The van der Waals surface area contributed by atoms with Crippen molar-refractivity contribution in [3.05, 3.63) is 28.8 Å². The topological polar surface area (TPSA) is 91.0 Å².